The van der Waals surface area contributed by atoms with E-state index < -0.39 is 0 Å². The van der Waals surface area contributed by atoms with Gasteiger partial charge in [0, 0.05) is 31.0 Å². The fourth-order valence-electron chi connectivity index (χ4n) is 3.08. The molecule has 0 aliphatic carbocycles. The molecule has 0 spiro atoms. The number of para-hydroxylation sites is 2. The lowest BCUT2D eigenvalue weighted by atomic mass is 10.2. The molecule has 4 rings (SSSR count). The third kappa shape index (κ3) is 4.28. The lowest BCUT2D eigenvalue weighted by Gasteiger charge is -2.21. The van der Waals surface area contributed by atoms with Crippen LogP contribution in [0, 0.1) is 0 Å². The highest BCUT2D eigenvalue weighted by Gasteiger charge is 2.17. The van der Waals surface area contributed by atoms with Crippen LogP contribution in [0.5, 0.6) is 0 Å². The average molecular weight is 380 g/mol. The molecule has 7 nitrogen and oxygen atoms in total. The van der Waals surface area contributed by atoms with Gasteiger partial charge in [-0.1, -0.05) is 23.9 Å². The second kappa shape index (κ2) is 8.22. The number of thioether (sulfide) groups is 1. The third-order valence-electron chi connectivity index (χ3n) is 4.38. The van der Waals surface area contributed by atoms with E-state index in [0.29, 0.717) is 11.0 Å². The number of carbonyl (C=O) groups excluding carboxylic acids is 1. The van der Waals surface area contributed by atoms with Gasteiger partial charge in [0.25, 0.3) is 0 Å². The number of nitrogens with one attached hydrogen (secondary N) is 2. The summed E-state index contributed by atoms with van der Waals surface area (Å²) in [4.78, 5) is 23.1. The highest BCUT2D eigenvalue weighted by Crippen LogP contribution is 2.29. The van der Waals surface area contributed by atoms with Crippen molar-refractivity contribution in [1.29, 1.82) is 0 Å². The molecule has 0 atom stereocenters. The van der Waals surface area contributed by atoms with Crippen LogP contribution < -0.4 is 10.2 Å². The zero-order valence-electron chi connectivity index (χ0n) is 14.8. The minimum atomic E-state index is -0.0677. The Balaban J connectivity index is 1.36. The monoisotopic (exact) mass is 380 g/mol. The summed E-state index contributed by atoms with van der Waals surface area (Å²) < 4.78 is 0. The predicted octanol–water partition coefficient (Wildman–Crippen LogP) is 3.20. The number of aromatic amines is 1. The topological polar surface area (TPSA) is 86.8 Å². The van der Waals surface area contributed by atoms with Crippen LogP contribution >= 0.6 is 11.8 Å². The van der Waals surface area contributed by atoms with E-state index in [0.717, 1.165) is 30.0 Å². The average Bonchev–Trinajstić information content (AvgIpc) is 3.40. The van der Waals surface area contributed by atoms with Gasteiger partial charge in [0.15, 0.2) is 5.82 Å². The summed E-state index contributed by atoms with van der Waals surface area (Å²) in [6.07, 6.45) is 5.80. The number of benzene rings is 1. The van der Waals surface area contributed by atoms with E-state index in [-0.39, 0.29) is 11.7 Å². The van der Waals surface area contributed by atoms with E-state index in [9.17, 15) is 4.79 Å². The predicted molar refractivity (Wildman–Crippen MR) is 107 cm³/mol. The fourth-order valence-corrected chi connectivity index (χ4v) is 3.68. The second-order valence-electron chi connectivity index (χ2n) is 6.25. The SMILES string of the molecule is O=C(CSc1n[nH]c(-c2ccncc2)n1)Nc1ccccc1N1CCCC1. The molecule has 1 fully saturated rings. The Morgan fingerprint density at radius 3 is 2.74 bits per heavy atom. The lowest BCUT2D eigenvalue weighted by Crippen LogP contribution is -2.21. The van der Waals surface area contributed by atoms with Crippen LogP contribution in [0.15, 0.2) is 53.9 Å². The van der Waals surface area contributed by atoms with Crippen molar-refractivity contribution in [2.24, 2.45) is 0 Å². The van der Waals surface area contributed by atoms with Gasteiger partial charge in [0.1, 0.15) is 0 Å². The Morgan fingerprint density at radius 2 is 1.93 bits per heavy atom. The van der Waals surface area contributed by atoms with E-state index in [1.165, 1.54) is 24.6 Å². The van der Waals surface area contributed by atoms with Crippen LogP contribution in [-0.2, 0) is 4.79 Å². The number of carbonyl (C=O) groups is 1. The first kappa shape index (κ1) is 17.5. The number of H-pyrrole nitrogens is 1. The van der Waals surface area contributed by atoms with Crippen molar-refractivity contribution in [3.63, 3.8) is 0 Å². The molecule has 3 heterocycles. The number of hydrogen-bond donors (Lipinski definition) is 2. The van der Waals surface area contributed by atoms with Gasteiger partial charge in [-0.3, -0.25) is 14.9 Å². The number of anilines is 2. The summed E-state index contributed by atoms with van der Waals surface area (Å²) in [6, 6.07) is 11.7. The van der Waals surface area contributed by atoms with Gasteiger partial charge in [-0.25, -0.2) is 4.98 Å². The molecule has 2 aromatic heterocycles. The maximum absolute atomic E-state index is 12.4. The van der Waals surface area contributed by atoms with Gasteiger partial charge in [-0.2, -0.15) is 0 Å². The number of pyridine rings is 1. The van der Waals surface area contributed by atoms with Crippen molar-refractivity contribution in [3.05, 3.63) is 48.8 Å². The summed E-state index contributed by atoms with van der Waals surface area (Å²) in [5.41, 5.74) is 2.86. The summed E-state index contributed by atoms with van der Waals surface area (Å²) in [7, 11) is 0. The first-order valence-corrected chi connectivity index (χ1v) is 9.87. The number of hydrogen-bond acceptors (Lipinski definition) is 6. The van der Waals surface area contributed by atoms with Crippen LogP contribution in [0.4, 0.5) is 11.4 Å². The highest BCUT2D eigenvalue weighted by atomic mass is 32.2. The quantitative estimate of drug-likeness (QED) is 0.639. The molecule has 1 saturated heterocycles. The van der Waals surface area contributed by atoms with Crippen molar-refractivity contribution >= 4 is 29.0 Å². The van der Waals surface area contributed by atoms with E-state index in [1.54, 1.807) is 12.4 Å². The van der Waals surface area contributed by atoms with Crippen molar-refractivity contribution in [3.8, 4) is 11.4 Å². The highest BCUT2D eigenvalue weighted by molar-refractivity contribution is 7.99. The first-order valence-electron chi connectivity index (χ1n) is 8.89. The molecule has 2 N–H and O–H groups in total. The zero-order valence-corrected chi connectivity index (χ0v) is 15.6. The molecule has 1 aliphatic heterocycles. The molecule has 0 saturated carbocycles. The van der Waals surface area contributed by atoms with Crippen LogP contribution in [0.25, 0.3) is 11.4 Å². The van der Waals surface area contributed by atoms with Gasteiger partial charge in [0.2, 0.25) is 11.1 Å². The molecule has 0 radical (unpaired) electrons. The summed E-state index contributed by atoms with van der Waals surface area (Å²) in [6.45, 7) is 2.08. The molecule has 27 heavy (non-hydrogen) atoms. The Labute approximate surface area is 161 Å². The fraction of sp³-hybridized carbons (Fsp3) is 0.263. The van der Waals surface area contributed by atoms with Crippen molar-refractivity contribution in [1.82, 2.24) is 20.2 Å². The second-order valence-corrected chi connectivity index (χ2v) is 7.19. The van der Waals surface area contributed by atoms with E-state index in [1.807, 2.05) is 30.3 Å². The van der Waals surface area contributed by atoms with Crippen molar-refractivity contribution in [2.75, 3.05) is 29.1 Å². The van der Waals surface area contributed by atoms with Crippen molar-refractivity contribution in [2.45, 2.75) is 18.0 Å². The molecule has 1 aliphatic rings. The molecule has 0 unspecified atom stereocenters. The van der Waals surface area contributed by atoms with Gasteiger partial charge in [-0.15, -0.1) is 5.10 Å². The standard InChI is InChI=1S/C19H20N6OS/c26-17(21-15-5-1-2-6-16(15)25-11-3-4-12-25)13-27-19-22-18(23-24-19)14-7-9-20-10-8-14/h1-2,5-10H,3-4,11-13H2,(H,21,26)(H,22,23,24). The van der Waals surface area contributed by atoms with Gasteiger partial charge in [0.05, 0.1) is 17.1 Å². The van der Waals surface area contributed by atoms with Crippen LogP contribution in [0.3, 0.4) is 0 Å². The lowest BCUT2D eigenvalue weighted by molar-refractivity contribution is -0.113. The molecular formula is C19H20N6OS. The van der Waals surface area contributed by atoms with Crippen LogP contribution in [0.1, 0.15) is 12.8 Å². The number of rotatable bonds is 6. The molecule has 138 valence electrons. The third-order valence-corrected chi connectivity index (χ3v) is 5.22. The first-order chi connectivity index (χ1) is 13.3. The molecule has 0 bridgehead atoms. The van der Waals surface area contributed by atoms with E-state index >= 15 is 0 Å². The van der Waals surface area contributed by atoms with E-state index in [2.05, 4.69) is 36.4 Å². The Kier molecular flexibility index (Phi) is 5.34. The maximum Gasteiger partial charge on any atom is 0.234 e. The largest absolute Gasteiger partial charge is 0.370 e. The molecule has 1 amide bonds. The number of nitrogens with zero attached hydrogens (tertiary/aromatic N) is 4. The Morgan fingerprint density at radius 1 is 1.15 bits per heavy atom. The minimum absolute atomic E-state index is 0.0677. The smallest absolute Gasteiger partial charge is 0.234 e. The molecule has 1 aromatic carbocycles. The van der Waals surface area contributed by atoms with Gasteiger partial charge < -0.3 is 10.2 Å². The summed E-state index contributed by atoms with van der Waals surface area (Å²) in [5, 5.41) is 10.6. The van der Waals surface area contributed by atoms with Gasteiger partial charge in [-0.05, 0) is 37.1 Å². The minimum Gasteiger partial charge on any atom is -0.370 e. The molecule has 3 aromatic rings. The van der Waals surface area contributed by atoms with Gasteiger partial charge >= 0.3 is 0 Å². The zero-order chi connectivity index (χ0) is 18.5. The molecule has 8 heteroatoms. The van der Waals surface area contributed by atoms with Crippen LogP contribution in [0.2, 0.25) is 0 Å². The summed E-state index contributed by atoms with van der Waals surface area (Å²) in [5.74, 6) is 0.851. The Bertz CT molecular complexity index is 907. The maximum atomic E-state index is 12.4. The number of amides is 1. The normalized spacial score (nSPS) is 13.7. The Hall–Kier alpha value is -2.87. The number of aromatic nitrogens is 4. The van der Waals surface area contributed by atoms with E-state index in [4.69, 9.17) is 0 Å². The van der Waals surface area contributed by atoms with Crippen molar-refractivity contribution < 1.29 is 4.79 Å². The summed E-state index contributed by atoms with van der Waals surface area (Å²) >= 11 is 1.31. The van der Waals surface area contributed by atoms with Crippen LogP contribution in [-0.4, -0.2) is 44.9 Å². The molecular weight excluding hydrogens is 360 g/mol.